The first kappa shape index (κ1) is 13.8. The molecule has 2 rings (SSSR count). The maximum Gasteiger partial charge on any atom is 0.506 e. The van der Waals surface area contributed by atoms with Crippen molar-refractivity contribution in [3.63, 3.8) is 0 Å². The lowest BCUT2D eigenvalue weighted by molar-refractivity contribution is 0.0853. The molecule has 1 heterocycles. The zero-order valence-electron chi connectivity index (χ0n) is 9.85. The van der Waals surface area contributed by atoms with E-state index in [4.69, 9.17) is 5.11 Å². The van der Waals surface area contributed by atoms with Crippen molar-refractivity contribution in [2.75, 3.05) is 0 Å². The van der Waals surface area contributed by atoms with Gasteiger partial charge in [0.25, 0.3) is 0 Å². The van der Waals surface area contributed by atoms with Gasteiger partial charge in [-0.15, -0.1) is 0 Å². The molecular formula is C13H11NO3S2. The van der Waals surface area contributed by atoms with E-state index in [9.17, 15) is 4.79 Å². The molecule has 0 amide bonds. The largest absolute Gasteiger partial charge is 0.506 e. The predicted octanol–water partition coefficient (Wildman–Crippen LogP) is 4.08. The zero-order valence-corrected chi connectivity index (χ0v) is 11.5. The summed E-state index contributed by atoms with van der Waals surface area (Å²) in [4.78, 5) is 15.6. The second-order valence-electron chi connectivity index (χ2n) is 3.53. The number of benzene rings is 1. The topological polar surface area (TPSA) is 59.4 Å². The lowest BCUT2D eigenvalue weighted by Crippen LogP contribution is -1.99. The van der Waals surface area contributed by atoms with E-state index in [1.165, 1.54) is 0 Å². The van der Waals surface area contributed by atoms with E-state index in [1.807, 2.05) is 42.5 Å². The number of ether oxygens (including phenoxy) is 1. The minimum absolute atomic E-state index is 0.0770. The van der Waals surface area contributed by atoms with Crippen LogP contribution in [0.4, 0.5) is 4.79 Å². The van der Waals surface area contributed by atoms with Crippen LogP contribution >= 0.6 is 21.6 Å². The van der Waals surface area contributed by atoms with Crippen LogP contribution in [0.25, 0.3) is 0 Å². The minimum Gasteiger partial charge on any atom is -0.450 e. The van der Waals surface area contributed by atoms with Gasteiger partial charge < -0.3 is 9.84 Å². The molecule has 0 aliphatic carbocycles. The number of aromatic nitrogens is 1. The van der Waals surface area contributed by atoms with Gasteiger partial charge in [-0.2, -0.15) is 0 Å². The van der Waals surface area contributed by atoms with Gasteiger partial charge in [0, 0.05) is 11.1 Å². The van der Waals surface area contributed by atoms with Crippen LogP contribution in [0, 0.1) is 0 Å². The van der Waals surface area contributed by atoms with Gasteiger partial charge in [-0.1, -0.05) is 29.0 Å². The number of carbonyl (C=O) groups is 1. The van der Waals surface area contributed by atoms with Gasteiger partial charge in [0.05, 0.1) is 0 Å². The molecule has 0 unspecified atom stereocenters. The maximum atomic E-state index is 10.3. The zero-order chi connectivity index (χ0) is 13.5. The Kier molecular flexibility index (Phi) is 5.11. The van der Waals surface area contributed by atoms with Crippen LogP contribution in [0.2, 0.25) is 0 Å². The molecule has 0 saturated heterocycles. The summed E-state index contributed by atoms with van der Waals surface area (Å²) in [5, 5.41) is 9.35. The fourth-order valence-corrected chi connectivity index (χ4v) is 3.11. The molecular weight excluding hydrogens is 282 g/mol. The molecule has 0 bridgehead atoms. The van der Waals surface area contributed by atoms with Crippen LogP contribution in [0.3, 0.4) is 0 Å². The number of carboxylic acid groups (broad SMARTS) is 1. The molecule has 2 aromatic rings. The first-order valence-electron chi connectivity index (χ1n) is 5.44. The van der Waals surface area contributed by atoms with E-state index in [0.29, 0.717) is 0 Å². The number of nitrogens with zero attached hydrogens (tertiary/aromatic N) is 1. The molecule has 0 radical (unpaired) electrons. The van der Waals surface area contributed by atoms with Crippen molar-refractivity contribution in [1.29, 1.82) is 0 Å². The van der Waals surface area contributed by atoms with Crippen molar-refractivity contribution in [2.24, 2.45) is 0 Å². The van der Waals surface area contributed by atoms with E-state index in [-0.39, 0.29) is 6.61 Å². The smallest absolute Gasteiger partial charge is 0.450 e. The number of pyridine rings is 1. The van der Waals surface area contributed by atoms with E-state index < -0.39 is 6.16 Å². The lowest BCUT2D eigenvalue weighted by atomic mass is 10.2. The molecule has 98 valence electrons. The van der Waals surface area contributed by atoms with Crippen molar-refractivity contribution in [3.8, 4) is 0 Å². The Labute approximate surface area is 118 Å². The molecule has 0 saturated carbocycles. The van der Waals surface area contributed by atoms with Gasteiger partial charge >= 0.3 is 6.16 Å². The highest BCUT2D eigenvalue weighted by molar-refractivity contribution is 8.76. The minimum atomic E-state index is -1.26. The third-order valence-electron chi connectivity index (χ3n) is 2.15. The summed E-state index contributed by atoms with van der Waals surface area (Å²) in [7, 11) is 3.18. The SMILES string of the molecule is O=C(O)OCc1ccc(SSc2ccccn2)cc1. The van der Waals surface area contributed by atoms with E-state index in [0.717, 1.165) is 15.5 Å². The Morgan fingerprint density at radius 2 is 1.95 bits per heavy atom. The fourth-order valence-electron chi connectivity index (χ4n) is 1.27. The van der Waals surface area contributed by atoms with Gasteiger partial charge in [-0.05, 0) is 40.6 Å². The van der Waals surface area contributed by atoms with Crippen LogP contribution in [0.5, 0.6) is 0 Å². The number of rotatable bonds is 5. The molecule has 1 aromatic heterocycles. The van der Waals surface area contributed by atoms with Crippen molar-refractivity contribution in [3.05, 3.63) is 54.2 Å². The first-order chi connectivity index (χ1) is 9.24. The van der Waals surface area contributed by atoms with Crippen molar-refractivity contribution in [2.45, 2.75) is 16.5 Å². The Morgan fingerprint density at radius 3 is 2.58 bits per heavy atom. The molecule has 4 nitrogen and oxygen atoms in total. The summed E-state index contributed by atoms with van der Waals surface area (Å²) in [6, 6.07) is 13.3. The van der Waals surface area contributed by atoms with Crippen LogP contribution in [-0.2, 0) is 11.3 Å². The molecule has 0 aliphatic rings. The van der Waals surface area contributed by atoms with Crippen LogP contribution < -0.4 is 0 Å². The highest BCUT2D eigenvalue weighted by Crippen LogP contribution is 2.35. The molecule has 0 spiro atoms. The molecule has 6 heteroatoms. The first-order valence-corrected chi connectivity index (χ1v) is 7.59. The maximum absolute atomic E-state index is 10.3. The molecule has 1 aromatic carbocycles. The summed E-state index contributed by atoms with van der Waals surface area (Å²) in [6.45, 7) is 0.0770. The van der Waals surface area contributed by atoms with E-state index in [2.05, 4.69) is 9.72 Å². The Hall–Kier alpha value is -1.66. The average molecular weight is 293 g/mol. The van der Waals surface area contributed by atoms with Crippen molar-refractivity contribution < 1.29 is 14.6 Å². The molecule has 19 heavy (non-hydrogen) atoms. The summed E-state index contributed by atoms with van der Waals surface area (Å²) < 4.78 is 4.49. The van der Waals surface area contributed by atoms with Crippen molar-refractivity contribution >= 4 is 27.7 Å². The second-order valence-corrected chi connectivity index (χ2v) is 5.76. The third-order valence-corrected chi connectivity index (χ3v) is 4.45. The summed E-state index contributed by atoms with van der Waals surface area (Å²) in [5.41, 5.74) is 0.828. The molecule has 0 atom stereocenters. The standard InChI is InChI=1S/C13H11NO3S2/c15-13(16)17-9-10-4-6-11(7-5-10)18-19-12-3-1-2-8-14-12/h1-8H,9H2,(H,15,16). The summed E-state index contributed by atoms with van der Waals surface area (Å²) in [5.74, 6) is 0. The lowest BCUT2D eigenvalue weighted by Gasteiger charge is -2.03. The van der Waals surface area contributed by atoms with Crippen LogP contribution in [0.1, 0.15) is 5.56 Å². The summed E-state index contributed by atoms with van der Waals surface area (Å²) in [6.07, 6.45) is 0.499. The Morgan fingerprint density at radius 1 is 1.16 bits per heavy atom. The van der Waals surface area contributed by atoms with Gasteiger partial charge in [-0.25, -0.2) is 9.78 Å². The van der Waals surface area contributed by atoms with Gasteiger partial charge in [0.15, 0.2) is 0 Å². The van der Waals surface area contributed by atoms with Crippen LogP contribution in [0.15, 0.2) is 58.6 Å². The third kappa shape index (κ3) is 4.84. The Balaban J connectivity index is 1.86. The van der Waals surface area contributed by atoms with Gasteiger partial charge in [-0.3, -0.25) is 0 Å². The van der Waals surface area contributed by atoms with Gasteiger partial charge in [0.1, 0.15) is 11.6 Å². The number of hydrogen-bond acceptors (Lipinski definition) is 5. The highest BCUT2D eigenvalue weighted by Gasteiger charge is 2.01. The normalized spacial score (nSPS) is 10.1. The van der Waals surface area contributed by atoms with E-state index >= 15 is 0 Å². The second kappa shape index (κ2) is 7.06. The van der Waals surface area contributed by atoms with Gasteiger partial charge in [0.2, 0.25) is 0 Å². The van der Waals surface area contributed by atoms with Crippen molar-refractivity contribution in [1.82, 2.24) is 4.98 Å². The predicted molar refractivity (Wildman–Crippen MR) is 75.2 cm³/mol. The quantitative estimate of drug-likeness (QED) is 0.662. The summed E-state index contributed by atoms with van der Waals surface area (Å²) >= 11 is 0. The Bertz CT molecular complexity index is 531. The molecule has 0 fully saturated rings. The number of hydrogen-bond donors (Lipinski definition) is 1. The average Bonchev–Trinajstić information content (AvgIpc) is 2.45. The molecule has 0 aliphatic heterocycles. The fraction of sp³-hybridized carbons (Fsp3) is 0.0769. The van der Waals surface area contributed by atoms with Crippen LogP contribution in [-0.4, -0.2) is 16.2 Å². The monoisotopic (exact) mass is 293 g/mol. The molecule has 1 N–H and O–H groups in total. The van der Waals surface area contributed by atoms with E-state index in [1.54, 1.807) is 27.8 Å². The highest BCUT2D eigenvalue weighted by atomic mass is 33.1.